The molecule has 4 nitrogen and oxygen atoms in total. The third-order valence-electron chi connectivity index (χ3n) is 3.77. The Morgan fingerprint density at radius 3 is 2.73 bits per heavy atom. The van der Waals surface area contributed by atoms with Crippen LogP contribution >= 0.6 is 11.6 Å². The zero-order chi connectivity index (χ0) is 15.5. The molecular weight excluding hydrogens is 298 g/mol. The molecule has 0 saturated heterocycles. The van der Waals surface area contributed by atoms with Crippen LogP contribution in [0.3, 0.4) is 0 Å². The third kappa shape index (κ3) is 2.80. The van der Waals surface area contributed by atoms with Crippen molar-refractivity contribution < 1.29 is 4.79 Å². The molecule has 0 aliphatic carbocycles. The van der Waals surface area contributed by atoms with Gasteiger partial charge in [-0.25, -0.2) is 0 Å². The first kappa shape index (κ1) is 14.9. The van der Waals surface area contributed by atoms with Gasteiger partial charge in [-0.05, 0) is 49.7 Å². The number of unbranched alkanes of at least 4 members (excludes halogenated alkanes) is 1. The van der Waals surface area contributed by atoms with Crippen LogP contribution < -0.4 is 16.0 Å². The molecule has 2 aromatic rings. The summed E-state index contributed by atoms with van der Waals surface area (Å²) >= 11 is 6.15. The zero-order valence-electron chi connectivity index (χ0n) is 12.2. The highest BCUT2D eigenvalue weighted by molar-refractivity contribution is 6.31. The maximum absolute atomic E-state index is 12.5. The minimum absolute atomic E-state index is 0.111. The number of nitrogens with two attached hydrogens (primary N) is 1. The summed E-state index contributed by atoms with van der Waals surface area (Å²) in [5, 5.41) is 3.59. The van der Waals surface area contributed by atoms with E-state index in [0.29, 0.717) is 17.1 Å². The third-order valence-corrected chi connectivity index (χ3v) is 4.01. The van der Waals surface area contributed by atoms with E-state index in [0.717, 1.165) is 36.4 Å². The molecule has 3 N–H and O–H groups in total. The van der Waals surface area contributed by atoms with E-state index in [-0.39, 0.29) is 5.91 Å². The number of halogens is 1. The topological polar surface area (TPSA) is 58.4 Å². The Morgan fingerprint density at radius 2 is 1.91 bits per heavy atom. The van der Waals surface area contributed by atoms with Gasteiger partial charge in [-0.2, -0.15) is 0 Å². The van der Waals surface area contributed by atoms with Crippen molar-refractivity contribution in [3.8, 4) is 0 Å². The Labute approximate surface area is 134 Å². The predicted molar refractivity (Wildman–Crippen MR) is 91.1 cm³/mol. The van der Waals surface area contributed by atoms with Gasteiger partial charge in [0, 0.05) is 11.6 Å². The van der Waals surface area contributed by atoms with Crippen molar-refractivity contribution in [2.75, 3.05) is 23.3 Å². The Bertz CT molecular complexity index is 702. The summed E-state index contributed by atoms with van der Waals surface area (Å²) in [6.07, 6.45) is 1.89. The first-order valence-electron chi connectivity index (χ1n) is 7.38. The number of benzene rings is 2. The summed E-state index contributed by atoms with van der Waals surface area (Å²) in [6.45, 7) is 1.45. The molecule has 5 heteroatoms. The molecule has 0 spiro atoms. The van der Waals surface area contributed by atoms with Gasteiger partial charge < -0.3 is 16.0 Å². The van der Waals surface area contributed by atoms with E-state index in [1.54, 1.807) is 12.1 Å². The van der Waals surface area contributed by atoms with Crippen LogP contribution in [0.25, 0.3) is 0 Å². The molecule has 22 heavy (non-hydrogen) atoms. The molecule has 2 aromatic carbocycles. The first-order valence-corrected chi connectivity index (χ1v) is 7.76. The minimum atomic E-state index is -0.111. The summed E-state index contributed by atoms with van der Waals surface area (Å²) in [5.41, 5.74) is 8.87. The Balaban J connectivity index is 2.10. The molecule has 0 fully saturated rings. The molecule has 0 atom stereocenters. The van der Waals surface area contributed by atoms with Gasteiger partial charge >= 0.3 is 0 Å². The van der Waals surface area contributed by atoms with Gasteiger partial charge in [-0.3, -0.25) is 4.79 Å². The number of anilines is 3. The quantitative estimate of drug-likeness (QED) is 0.844. The standard InChI is InChI=1S/C17H18ClN3O/c18-12-7-8-13-16(11-12)21(10-4-3-9-19)15-6-2-1-5-14(15)20-17(13)22/h1-2,5-8,11H,3-4,9-10,19H2,(H,20,22). The molecule has 3 rings (SSSR count). The fraction of sp³-hybridized carbons (Fsp3) is 0.235. The lowest BCUT2D eigenvalue weighted by Gasteiger charge is -2.26. The van der Waals surface area contributed by atoms with E-state index < -0.39 is 0 Å². The van der Waals surface area contributed by atoms with Crippen LogP contribution in [0.1, 0.15) is 23.2 Å². The molecule has 0 bridgehead atoms. The maximum Gasteiger partial charge on any atom is 0.257 e. The van der Waals surface area contributed by atoms with Crippen molar-refractivity contribution in [2.45, 2.75) is 12.8 Å². The molecular formula is C17H18ClN3O. The summed E-state index contributed by atoms with van der Waals surface area (Å²) < 4.78 is 0. The van der Waals surface area contributed by atoms with Gasteiger partial charge in [0.1, 0.15) is 0 Å². The maximum atomic E-state index is 12.5. The van der Waals surface area contributed by atoms with Crippen molar-refractivity contribution >= 4 is 34.6 Å². The summed E-state index contributed by atoms with van der Waals surface area (Å²) in [6, 6.07) is 13.2. The SMILES string of the molecule is NCCCCN1c2ccccc2NC(=O)c2ccc(Cl)cc21. The summed E-state index contributed by atoms with van der Waals surface area (Å²) in [4.78, 5) is 14.6. The summed E-state index contributed by atoms with van der Waals surface area (Å²) in [7, 11) is 0. The Kier molecular flexibility index (Phi) is 4.32. The molecule has 0 aromatic heterocycles. The monoisotopic (exact) mass is 315 g/mol. The van der Waals surface area contributed by atoms with Crippen LogP contribution in [0, 0.1) is 0 Å². The van der Waals surface area contributed by atoms with Crippen LogP contribution in [0.5, 0.6) is 0 Å². The fourth-order valence-corrected chi connectivity index (χ4v) is 2.88. The molecule has 0 radical (unpaired) electrons. The molecule has 114 valence electrons. The van der Waals surface area contributed by atoms with Gasteiger partial charge in [-0.1, -0.05) is 23.7 Å². The average molecular weight is 316 g/mol. The van der Waals surface area contributed by atoms with E-state index >= 15 is 0 Å². The minimum Gasteiger partial charge on any atom is -0.339 e. The highest BCUT2D eigenvalue weighted by Gasteiger charge is 2.24. The van der Waals surface area contributed by atoms with Crippen LogP contribution in [0.2, 0.25) is 5.02 Å². The van der Waals surface area contributed by atoms with Crippen molar-refractivity contribution in [2.24, 2.45) is 5.73 Å². The molecule has 1 aliphatic rings. The second kappa shape index (κ2) is 6.38. The first-order chi connectivity index (χ1) is 10.7. The number of hydrogen-bond acceptors (Lipinski definition) is 3. The number of nitrogens with one attached hydrogen (secondary N) is 1. The van der Waals surface area contributed by atoms with E-state index in [9.17, 15) is 4.79 Å². The van der Waals surface area contributed by atoms with Crippen molar-refractivity contribution in [1.82, 2.24) is 0 Å². The Morgan fingerprint density at radius 1 is 1.09 bits per heavy atom. The van der Waals surface area contributed by atoms with Gasteiger partial charge in [-0.15, -0.1) is 0 Å². The van der Waals surface area contributed by atoms with Crippen LogP contribution in [0.15, 0.2) is 42.5 Å². The summed E-state index contributed by atoms with van der Waals surface area (Å²) in [5.74, 6) is -0.111. The van der Waals surface area contributed by atoms with E-state index in [1.165, 1.54) is 0 Å². The van der Waals surface area contributed by atoms with Crippen molar-refractivity contribution in [3.63, 3.8) is 0 Å². The number of carbonyl (C=O) groups is 1. The van der Waals surface area contributed by atoms with Gasteiger partial charge in [0.15, 0.2) is 0 Å². The smallest absolute Gasteiger partial charge is 0.257 e. The number of amides is 1. The number of nitrogens with zero attached hydrogens (tertiary/aromatic N) is 1. The lowest BCUT2D eigenvalue weighted by atomic mass is 10.1. The lowest BCUT2D eigenvalue weighted by molar-refractivity contribution is 0.102. The molecule has 1 amide bonds. The van der Waals surface area contributed by atoms with E-state index in [2.05, 4.69) is 10.2 Å². The highest BCUT2D eigenvalue weighted by Crippen LogP contribution is 2.38. The largest absolute Gasteiger partial charge is 0.339 e. The molecule has 0 saturated carbocycles. The van der Waals surface area contributed by atoms with E-state index in [1.807, 2.05) is 30.3 Å². The van der Waals surface area contributed by atoms with Gasteiger partial charge in [0.2, 0.25) is 0 Å². The number of carbonyl (C=O) groups excluding carboxylic acids is 1. The second-order valence-corrected chi connectivity index (χ2v) is 5.72. The Hall–Kier alpha value is -2.04. The van der Waals surface area contributed by atoms with Crippen LogP contribution in [0.4, 0.5) is 17.1 Å². The highest BCUT2D eigenvalue weighted by atomic mass is 35.5. The zero-order valence-corrected chi connectivity index (χ0v) is 12.9. The number of hydrogen-bond donors (Lipinski definition) is 2. The van der Waals surface area contributed by atoms with Gasteiger partial charge in [0.05, 0.1) is 22.6 Å². The number of rotatable bonds is 4. The van der Waals surface area contributed by atoms with E-state index in [4.69, 9.17) is 17.3 Å². The van der Waals surface area contributed by atoms with Crippen LogP contribution in [-0.4, -0.2) is 19.0 Å². The molecule has 1 aliphatic heterocycles. The predicted octanol–water partition coefficient (Wildman–Crippen LogP) is 3.78. The number of para-hydroxylation sites is 2. The molecule has 1 heterocycles. The van der Waals surface area contributed by atoms with Crippen molar-refractivity contribution in [3.05, 3.63) is 53.1 Å². The fourth-order valence-electron chi connectivity index (χ4n) is 2.71. The van der Waals surface area contributed by atoms with Crippen molar-refractivity contribution in [1.29, 1.82) is 0 Å². The normalized spacial score (nSPS) is 13.2. The number of fused-ring (bicyclic) bond motifs is 2. The van der Waals surface area contributed by atoms with Crippen LogP contribution in [-0.2, 0) is 0 Å². The molecule has 0 unspecified atom stereocenters. The van der Waals surface area contributed by atoms with Gasteiger partial charge in [0.25, 0.3) is 5.91 Å². The average Bonchev–Trinajstić information content (AvgIpc) is 2.63. The lowest BCUT2D eigenvalue weighted by Crippen LogP contribution is -2.20. The second-order valence-electron chi connectivity index (χ2n) is 5.28.